The minimum Gasteiger partial charge on any atom is -0.489 e. The first-order valence-electron chi connectivity index (χ1n) is 9.97. The number of imide groups is 2. The molecule has 0 saturated carbocycles. The van der Waals surface area contributed by atoms with Gasteiger partial charge in [-0.15, -0.1) is 0 Å². The number of halogens is 2. The van der Waals surface area contributed by atoms with E-state index >= 15 is 0 Å². The van der Waals surface area contributed by atoms with Gasteiger partial charge < -0.3 is 4.74 Å². The summed E-state index contributed by atoms with van der Waals surface area (Å²) in [5, 5.41) is 3.24. The highest BCUT2D eigenvalue weighted by atomic mass is 35.5. The topological polar surface area (TPSA) is 75.7 Å². The molecule has 1 fully saturated rings. The molecule has 4 rings (SSSR count). The molecule has 0 unspecified atom stereocenters. The predicted octanol–water partition coefficient (Wildman–Crippen LogP) is 5.55. The number of carbonyl (C=O) groups is 3. The predicted molar refractivity (Wildman–Crippen MR) is 127 cm³/mol. The standard InChI is InChI=1S/C25H18Cl2N2O4/c1-15-5-8-19(13-22(15)27)29-24(31)21(23(30)28-25(29)32)12-16-6-9-20(10-7-16)33-14-17-3-2-4-18(26)11-17/h2-13H,14H2,1H3,(H,28,30,32)/b21-12+. The molecule has 1 aliphatic heterocycles. The summed E-state index contributed by atoms with van der Waals surface area (Å²) in [5.74, 6) is -0.881. The highest BCUT2D eigenvalue weighted by Crippen LogP contribution is 2.27. The smallest absolute Gasteiger partial charge is 0.335 e. The second kappa shape index (κ2) is 9.48. The van der Waals surface area contributed by atoms with Gasteiger partial charge in [-0.1, -0.05) is 53.5 Å². The maximum Gasteiger partial charge on any atom is 0.335 e. The number of nitrogens with one attached hydrogen (secondary N) is 1. The van der Waals surface area contributed by atoms with Crippen LogP contribution in [0.3, 0.4) is 0 Å². The molecular formula is C25H18Cl2N2O4. The Hall–Kier alpha value is -3.61. The lowest BCUT2D eigenvalue weighted by Gasteiger charge is -2.26. The minimum absolute atomic E-state index is 0.168. The third kappa shape index (κ3) is 5.08. The van der Waals surface area contributed by atoms with Crippen LogP contribution in [0.15, 0.2) is 72.3 Å². The van der Waals surface area contributed by atoms with E-state index in [1.54, 1.807) is 49.4 Å². The molecule has 0 atom stereocenters. The molecule has 0 bridgehead atoms. The van der Waals surface area contributed by atoms with Crippen molar-refractivity contribution in [2.45, 2.75) is 13.5 Å². The zero-order valence-corrected chi connectivity index (χ0v) is 19.0. The van der Waals surface area contributed by atoms with Crippen molar-refractivity contribution in [3.05, 3.63) is 99.0 Å². The second-order valence-corrected chi connectivity index (χ2v) is 8.22. The van der Waals surface area contributed by atoms with Gasteiger partial charge >= 0.3 is 6.03 Å². The lowest BCUT2D eigenvalue weighted by atomic mass is 10.1. The van der Waals surface area contributed by atoms with E-state index in [1.165, 1.54) is 12.1 Å². The lowest BCUT2D eigenvalue weighted by Crippen LogP contribution is -2.54. The number of rotatable bonds is 5. The third-order valence-corrected chi connectivity index (χ3v) is 5.64. The van der Waals surface area contributed by atoms with Crippen LogP contribution in [0.1, 0.15) is 16.7 Å². The number of barbiturate groups is 1. The summed E-state index contributed by atoms with van der Waals surface area (Å²) in [6.45, 7) is 2.15. The van der Waals surface area contributed by atoms with Crippen molar-refractivity contribution in [3.63, 3.8) is 0 Å². The van der Waals surface area contributed by atoms with Crippen molar-refractivity contribution >= 4 is 52.8 Å². The van der Waals surface area contributed by atoms with Crippen molar-refractivity contribution in [2.75, 3.05) is 4.90 Å². The Morgan fingerprint density at radius 3 is 2.42 bits per heavy atom. The molecule has 1 saturated heterocycles. The van der Waals surface area contributed by atoms with E-state index in [0.717, 1.165) is 16.0 Å². The van der Waals surface area contributed by atoms with Crippen LogP contribution in [0.4, 0.5) is 10.5 Å². The van der Waals surface area contributed by atoms with Crippen LogP contribution in [0, 0.1) is 6.92 Å². The Morgan fingerprint density at radius 1 is 0.970 bits per heavy atom. The number of carbonyl (C=O) groups excluding carboxylic acids is 3. The molecule has 1 N–H and O–H groups in total. The normalized spacial score (nSPS) is 15.1. The average Bonchev–Trinajstić information content (AvgIpc) is 2.78. The van der Waals surface area contributed by atoms with E-state index < -0.39 is 17.8 Å². The number of nitrogens with zero attached hydrogens (tertiary/aromatic N) is 1. The molecule has 3 aromatic rings. The molecular weight excluding hydrogens is 463 g/mol. The maximum atomic E-state index is 13.0. The first-order valence-corrected chi connectivity index (χ1v) is 10.7. The van der Waals surface area contributed by atoms with Crippen LogP contribution in [0.5, 0.6) is 5.75 Å². The van der Waals surface area contributed by atoms with E-state index in [0.29, 0.717) is 28.0 Å². The summed E-state index contributed by atoms with van der Waals surface area (Å²) in [7, 11) is 0. The van der Waals surface area contributed by atoms with Crippen LogP contribution >= 0.6 is 23.2 Å². The first kappa shape index (κ1) is 22.6. The van der Waals surface area contributed by atoms with E-state index in [2.05, 4.69) is 5.32 Å². The molecule has 0 aliphatic carbocycles. The van der Waals surface area contributed by atoms with Crippen LogP contribution in [0.25, 0.3) is 6.08 Å². The van der Waals surface area contributed by atoms with Gasteiger partial charge in [0.05, 0.1) is 5.69 Å². The van der Waals surface area contributed by atoms with Crippen LogP contribution in [-0.4, -0.2) is 17.8 Å². The van der Waals surface area contributed by atoms with Gasteiger partial charge in [-0.25, -0.2) is 9.69 Å². The van der Waals surface area contributed by atoms with Gasteiger partial charge in [0.2, 0.25) is 0 Å². The quantitative estimate of drug-likeness (QED) is 0.383. The Bertz CT molecular complexity index is 1290. The molecule has 33 heavy (non-hydrogen) atoms. The van der Waals surface area contributed by atoms with E-state index in [4.69, 9.17) is 27.9 Å². The molecule has 1 aliphatic rings. The van der Waals surface area contributed by atoms with Gasteiger partial charge in [-0.3, -0.25) is 14.9 Å². The number of hydrogen-bond donors (Lipinski definition) is 1. The van der Waals surface area contributed by atoms with Crippen molar-refractivity contribution in [1.82, 2.24) is 5.32 Å². The van der Waals surface area contributed by atoms with Crippen molar-refractivity contribution in [3.8, 4) is 5.75 Å². The van der Waals surface area contributed by atoms with E-state index in [-0.39, 0.29) is 11.3 Å². The van der Waals surface area contributed by atoms with Gasteiger partial charge in [0.15, 0.2) is 0 Å². The van der Waals surface area contributed by atoms with Crippen LogP contribution in [0.2, 0.25) is 10.0 Å². The van der Waals surface area contributed by atoms with Gasteiger partial charge in [-0.05, 0) is 66.1 Å². The zero-order chi connectivity index (χ0) is 23.5. The largest absolute Gasteiger partial charge is 0.489 e. The van der Waals surface area contributed by atoms with Gasteiger partial charge in [0, 0.05) is 10.0 Å². The number of ether oxygens (including phenoxy) is 1. The van der Waals surface area contributed by atoms with Crippen molar-refractivity contribution in [2.24, 2.45) is 0 Å². The van der Waals surface area contributed by atoms with Crippen LogP contribution < -0.4 is 15.0 Å². The fourth-order valence-electron chi connectivity index (χ4n) is 3.23. The summed E-state index contributed by atoms with van der Waals surface area (Å²) < 4.78 is 5.75. The molecule has 3 aromatic carbocycles. The SMILES string of the molecule is Cc1ccc(N2C(=O)NC(=O)/C(=C\c3ccc(OCc4cccc(Cl)c4)cc3)C2=O)cc1Cl. The molecule has 0 spiro atoms. The lowest BCUT2D eigenvalue weighted by molar-refractivity contribution is -0.122. The van der Waals surface area contributed by atoms with E-state index in [9.17, 15) is 14.4 Å². The summed E-state index contributed by atoms with van der Waals surface area (Å²) in [6, 6.07) is 18.2. The third-order valence-electron chi connectivity index (χ3n) is 5.00. The second-order valence-electron chi connectivity index (χ2n) is 7.38. The van der Waals surface area contributed by atoms with Crippen LogP contribution in [-0.2, 0) is 16.2 Å². The Balaban J connectivity index is 1.53. The fraction of sp³-hybridized carbons (Fsp3) is 0.0800. The zero-order valence-electron chi connectivity index (χ0n) is 17.5. The van der Waals surface area contributed by atoms with Crippen molar-refractivity contribution < 1.29 is 19.1 Å². The molecule has 8 heteroatoms. The number of urea groups is 1. The maximum absolute atomic E-state index is 13.0. The van der Waals surface area contributed by atoms with Gasteiger partial charge in [-0.2, -0.15) is 0 Å². The fourth-order valence-corrected chi connectivity index (χ4v) is 3.62. The summed E-state index contributed by atoms with van der Waals surface area (Å²) in [5.41, 5.74) is 2.43. The number of aryl methyl sites for hydroxylation is 1. The first-order chi connectivity index (χ1) is 15.8. The number of hydrogen-bond acceptors (Lipinski definition) is 4. The van der Waals surface area contributed by atoms with Crippen molar-refractivity contribution in [1.29, 1.82) is 0 Å². The number of benzene rings is 3. The number of anilines is 1. The molecule has 6 nitrogen and oxygen atoms in total. The Labute approximate surface area is 200 Å². The molecule has 0 radical (unpaired) electrons. The average molecular weight is 481 g/mol. The molecule has 0 aromatic heterocycles. The monoisotopic (exact) mass is 480 g/mol. The highest BCUT2D eigenvalue weighted by Gasteiger charge is 2.36. The summed E-state index contributed by atoms with van der Waals surface area (Å²) in [6.07, 6.45) is 1.42. The minimum atomic E-state index is -0.827. The number of amides is 4. The summed E-state index contributed by atoms with van der Waals surface area (Å²) >= 11 is 12.1. The molecule has 4 amide bonds. The van der Waals surface area contributed by atoms with E-state index in [1.807, 2.05) is 18.2 Å². The summed E-state index contributed by atoms with van der Waals surface area (Å²) in [4.78, 5) is 38.6. The molecule has 1 heterocycles. The Morgan fingerprint density at radius 2 is 1.73 bits per heavy atom. The van der Waals surface area contributed by atoms with Gasteiger partial charge in [0.1, 0.15) is 17.9 Å². The molecule has 166 valence electrons. The Kier molecular flexibility index (Phi) is 6.49. The highest BCUT2D eigenvalue weighted by molar-refractivity contribution is 6.39. The van der Waals surface area contributed by atoms with Gasteiger partial charge in [0.25, 0.3) is 11.8 Å².